The Balaban J connectivity index is 1.81. The lowest BCUT2D eigenvalue weighted by molar-refractivity contribution is -0.131. The van der Waals surface area contributed by atoms with Gasteiger partial charge in [0, 0.05) is 32.7 Å². The van der Waals surface area contributed by atoms with E-state index in [9.17, 15) is 19.2 Å². The van der Waals surface area contributed by atoms with Crippen molar-refractivity contribution < 1.29 is 23.9 Å². The van der Waals surface area contributed by atoms with Crippen LogP contribution < -0.4 is 10.2 Å². The van der Waals surface area contributed by atoms with E-state index >= 15 is 0 Å². The highest BCUT2D eigenvalue weighted by Crippen LogP contribution is 2.21. The molecule has 0 spiro atoms. The van der Waals surface area contributed by atoms with E-state index in [2.05, 4.69) is 5.32 Å². The molecule has 2 rings (SSSR count). The number of nitrogens with one attached hydrogen (secondary N) is 1. The van der Waals surface area contributed by atoms with Gasteiger partial charge in [-0.25, -0.2) is 4.79 Å². The van der Waals surface area contributed by atoms with Crippen LogP contribution in [-0.4, -0.2) is 62.4 Å². The molecule has 1 saturated heterocycles. The monoisotopic (exact) mass is 347 g/mol. The molecule has 0 saturated carbocycles. The van der Waals surface area contributed by atoms with E-state index in [1.165, 1.54) is 4.90 Å². The van der Waals surface area contributed by atoms with Crippen molar-refractivity contribution in [3.05, 3.63) is 29.8 Å². The quantitative estimate of drug-likeness (QED) is 0.740. The van der Waals surface area contributed by atoms with Gasteiger partial charge in [-0.1, -0.05) is 0 Å². The maximum absolute atomic E-state index is 11.9. The van der Waals surface area contributed by atoms with Gasteiger partial charge >= 0.3 is 5.97 Å². The van der Waals surface area contributed by atoms with Crippen LogP contribution in [-0.2, 0) is 19.1 Å². The van der Waals surface area contributed by atoms with Crippen LogP contribution in [0.25, 0.3) is 0 Å². The number of anilines is 1. The zero-order chi connectivity index (χ0) is 18.4. The number of amides is 3. The van der Waals surface area contributed by atoms with E-state index in [-0.39, 0.29) is 23.9 Å². The van der Waals surface area contributed by atoms with Gasteiger partial charge in [-0.3, -0.25) is 14.4 Å². The van der Waals surface area contributed by atoms with Gasteiger partial charge in [0.05, 0.1) is 12.1 Å². The maximum atomic E-state index is 11.9. The van der Waals surface area contributed by atoms with Crippen LogP contribution in [0.5, 0.6) is 0 Å². The van der Waals surface area contributed by atoms with Gasteiger partial charge in [-0.2, -0.15) is 0 Å². The highest BCUT2D eigenvalue weighted by atomic mass is 16.5. The summed E-state index contributed by atoms with van der Waals surface area (Å²) in [6.07, 6.45) is 1.36. The van der Waals surface area contributed by atoms with Crippen LogP contribution >= 0.6 is 0 Å². The second-order valence-corrected chi connectivity index (χ2v) is 5.84. The second-order valence-electron chi connectivity index (χ2n) is 5.84. The summed E-state index contributed by atoms with van der Waals surface area (Å²) < 4.78 is 4.91. The number of nitrogens with zero attached hydrogens (tertiary/aromatic N) is 2. The van der Waals surface area contributed by atoms with Gasteiger partial charge in [0.2, 0.25) is 11.8 Å². The first-order valence-electron chi connectivity index (χ1n) is 7.93. The van der Waals surface area contributed by atoms with E-state index in [4.69, 9.17) is 4.74 Å². The number of benzene rings is 1. The molecular weight excluding hydrogens is 326 g/mol. The summed E-state index contributed by atoms with van der Waals surface area (Å²) in [4.78, 5) is 49.6. The molecule has 0 aliphatic carbocycles. The van der Waals surface area contributed by atoms with E-state index < -0.39 is 18.5 Å². The number of hydrogen-bond acceptors (Lipinski definition) is 5. The van der Waals surface area contributed by atoms with Gasteiger partial charge in [0.25, 0.3) is 5.91 Å². The fraction of sp³-hybridized carbons (Fsp3) is 0.412. The number of rotatable bonds is 6. The standard InChI is InChI=1S/C17H21N3O5/c1-19(2)16(23)10-18-14(21)11-25-17(24)12-5-7-13(8-6-12)20-9-3-4-15(20)22/h5-8H,3-4,9-11H2,1-2H3,(H,18,21). The number of carbonyl (C=O) groups excluding carboxylic acids is 4. The summed E-state index contributed by atoms with van der Waals surface area (Å²) in [5.41, 5.74) is 1.02. The molecule has 0 aromatic heterocycles. The topological polar surface area (TPSA) is 96.0 Å². The molecule has 1 aliphatic heterocycles. The number of carbonyl (C=O) groups is 4. The molecule has 3 amide bonds. The minimum absolute atomic E-state index is 0.0688. The number of likely N-dealkylation sites (N-methyl/N-ethyl adjacent to an activating group) is 1. The van der Waals surface area contributed by atoms with Crippen molar-refractivity contribution in [2.45, 2.75) is 12.8 Å². The minimum Gasteiger partial charge on any atom is -0.452 e. The zero-order valence-electron chi connectivity index (χ0n) is 14.3. The summed E-state index contributed by atoms with van der Waals surface area (Å²) in [5.74, 6) is -1.39. The molecular formula is C17H21N3O5. The van der Waals surface area contributed by atoms with Crippen molar-refractivity contribution >= 4 is 29.4 Å². The summed E-state index contributed by atoms with van der Waals surface area (Å²) >= 11 is 0. The predicted molar refractivity (Wildman–Crippen MR) is 90.0 cm³/mol. The Morgan fingerprint density at radius 3 is 2.44 bits per heavy atom. The molecule has 1 aromatic rings. The van der Waals surface area contributed by atoms with Crippen LogP contribution in [0.4, 0.5) is 5.69 Å². The van der Waals surface area contributed by atoms with E-state index in [0.717, 1.165) is 12.1 Å². The SMILES string of the molecule is CN(C)C(=O)CNC(=O)COC(=O)c1ccc(N2CCCC2=O)cc1. The van der Waals surface area contributed by atoms with Gasteiger partial charge in [0.15, 0.2) is 6.61 Å². The number of ether oxygens (including phenoxy) is 1. The Morgan fingerprint density at radius 1 is 1.20 bits per heavy atom. The van der Waals surface area contributed by atoms with Crippen molar-refractivity contribution in [2.75, 3.05) is 38.7 Å². The molecule has 8 nitrogen and oxygen atoms in total. The molecule has 0 bridgehead atoms. The molecule has 1 N–H and O–H groups in total. The average Bonchev–Trinajstić information content (AvgIpc) is 3.03. The van der Waals surface area contributed by atoms with E-state index in [0.29, 0.717) is 13.0 Å². The van der Waals surface area contributed by atoms with Crippen molar-refractivity contribution in [3.8, 4) is 0 Å². The molecule has 1 heterocycles. The predicted octanol–water partition coefficient (Wildman–Crippen LogP) is 0.175. The Labute approximate surface area is 145 Å². The number of hydrogen-bond donors (Lipinski definition) is 1. The van der Waals surface area contributed by atoms with Crippen LogP contribution in [0, 0.1) is 0 Å². The Kier molecular flexibility index (Phi) is 6.10. The fourth-order valence-corrected chi connectivity index (χ4v) is 2.30. The van der Waals surface area contributed by atoms with Crippen molar-refractivity contribution in [1.29, 1.82) is 0 Å². The summed E-state index contributed by atoms with van der Waals surface area (Å²) in [6.45, 7) is 0.0579. The molecule has 1 aromatic carbocycles. The molecule has 0 radical (unpaired) electrons. The smallest absolute Gasteiger partial charge is 0.338 e. The largest absolute Gasteiger partial charge is 0.452 e. The van der Waals surface area contributed by atoms with Crippen molar-refractivity contribution in [1.82, 2.24) is 10.2 Å². The van der Waals surface area contributed by atoms with Crippen molar-refractivity contribution in [3.63, 3.8) is 0 Å². The van der Waals surface area contributed by atoms with Gasteiger partial charge in [-0.05, 0) is 30.7 Å². The molecule has 0 unspecified atom stereocenters. The Bertz CT molecular complexity index is 669. The van der Waals surface area contributed by atoms with Crippen LogP contribution in [0.15, 0.2) is 24.3 Å². The van der Waals surface area contributed by atoms with E-state index in [1.54, 1.807) is 43.3 Å². The fourth-order valence-electron chi connectivity index (χ4n) is 2.30. The summed E-state index contributed by atoms with van der Waals surface area (Å²) in [7, 11) is 3.15. The molecule has 8 heteroatoms. The Morgan fingerprint density at radius 2 is 1.88 bits per heavy atom. The van der Waals surface area contributed by atoms with E-state index in [1.807, 2.05) is 0 Å². The normalized spacial score (nSPS) is 13.5. The third-order valence-corrected chi connectivity index (χ3v) is 3.76. The van der Waals surface area contributed by atoms with Gasteiger partial charge in [0.1, 0.15) is 0 Å². The highest BCUT2D eigenvalue weighted by molar-refractivity contribution is 5.96. The third-order valence-electron chi connectivity index (χ3n) is 3.76. The number of esters is 1. The lowest BCUT2D eigenvalue weighted by atomic mass is 10.2. The molecule has 0 atom stereocenters. The van der Waals surface area contributed by atoms with Crippen LogP contribution in [0.2, 0.25) is 0 Å². The summed E-state index contributed by atoms with van der Waals surface area (Å²) in [5, 5.41) is 2.37. The molecule has 134 valence electrons. The maximum Gasteiger partial charge on any atom is 0.338 e. The van der Waals surface area contributed by atoms with Crippen LogP contribution in [0.3, 0.4) is 0 Å². The van der Waals surface area contributed by atoms with Gasteiger partial charge < -0.3 is 19.9 Å². The summed E-state index contributed by atoms with van der Waals surface area (Å²) in [6, 6.07) is 6.46. The first-order valence-corrected chi connectivity index (χ1v) is 7.93. The van der Waals surface area contributed by atoms with Crippen LogP contribution in [0.1, 0.15) is 23.2 Å². The second kappa shape index (κ2) is 8.27. The lowest BCUT2D eigenvalue weighted by Crippen LogP contribution is -2.38. The first kappa shape index (κ1) is 18.4. The van der Waals surface area contributed by atoms with Crippen molar-refractivity contribution in [2.24, 2.45) is 0 Å². The van der Waals surface area contributed by atoms with Gasteiger partial charge in [-0.15, -0.1) is 0 Å². The zero-order valence-corrected chi connectivity index (χ0v) is 14.3. The third kappa shape index (κ3) is 5.03. The molecule has 25 heavy (non-hydrogen) atoms. The minimum atomic E-state index is -0.645. The molecule has 1 fully saturated rings. The average molecular weight is 347 g/mol. The highest BCUT2D eigenvalue weighted by Gasteiger charge is 2.21. The first-order chi connectivity index (χ1) is 11.9. The Hall–Kier alpha value is -2.90. The molecule has 1 aliphatic rings. The lowest BCUT2D eigenvalue weighted by Gasteiger charge is -2.15.